The van der Waals surface area contributed by atoms with Crippen LogP contribution in [0.1, 0.15) is 26.5 Å². The third kappa shape index (κ3) is 7.07. The van der Waals surface area contributed by atoms with E-state index in [4.69, 9.17) is 14.6 Å². The molecule has 0 saturated heterocycles. The summed E-state index contributed by atoms with van der Waals surface area (Å²) < 4.78 is 38.7. The molecule has 3 aromatic rings. The van der Waals surface area contributed by atoms with Crippen LogP contribution in [-0.4, -0.2) is 41.0 Å². The number of carboxylic acids is 1. The van der Waals surface area contributed by atoms with Gasteiger partial charge < -0.3 is 15.2 Å². The molecule has 0 bridgehead atoms. The van der Waals surface area contributed by atoms with Gasteiger partial charge in [-0.2, -0.15) is 18.4 Å². The van der Waals surface area contributed by atoms with Crippen molar-refractivity contribution in [2.75, 3.05) is 13.7 Å². The third-order valence-corrected chi connectivity index (χ3v) is 4.88. The Kier molecular flexibility index (Phi) is 8.66. The predicted octanol–water partition coefficient (Wildman–Crippen LogP) is 4.57. The molecule has 0 spiro atoms. The van der Waals surface area contributed by atoms with Gasteiger partial charge in [-0.15, -0.1) is 0 Å². The Bertz CT molecular complexity index is 1290. The molecule has 0 radical (unpaired) electrons. The number of carbonyl (C=O) groups is 1. The van der Waals surface area contributed by atoms with Crippen LogP contribution in [0.2, 0.25) is 0 Å². The van der Waals surface area contributed by atoms with E-state index in [2.05, 4.69) is 32.2 Å². The number of hydrogen-bond acceptors (Lipinski definition) is 5. The van der Waals surface area contributed by atoms with Gasteiger partial charge >= 0.3 is 12.1 Å². The first-order valence-corrected chi connectivity index (χ1v) is 10.6. The monoisotopic (exact) mass is 489 g/mol. The van der Waals surface area contributed by atoms with E-state index in [-0.39, 0.29) is 11.1 Å². The van der Waals surface area contributed by atoms with Gasteiger partial charge in [0, 0.05) is 35.0 Å². The predicted molar refractivity (Wildman–Crippen MR) is 126 cm³/mol. The molecule has 0 aliphatic heterocycles. The minimum Gasteiger partial charge on any atom is -0.497 e. The summed E-state index contributed by atoms with van der Waals surface area (Å²) in [6.07, 6.45) is -5.08. The Morgan fingerprint density at radius 2 is 1.71 bits per heavy atom. The number of nitrogens with one attached hydrogen (secondary N) is 1. The number of fused-ring (bicyclic) bond motifs is 1. The number of nitriles is 1. The zero-order valence-electron chi connectivity index (χ0n) is 19.7. The number of rotatable bonds is 5. The second kappa shape index (κ2) is 11.1. The molecule has 7 nitrogen and oxygen atoms in total. The first-order valence-electron chi connectivity index (χ1n) is 10.6. The maximum atomic E-state index is 13.2. The minimum absolute atomic E-state index is 0.0666. The summed E-state index contributed by atoms with van der Waals surface area (Å²) in [5.74, 6) is -2.10. The zero-order valence-corrected chi connectivity index (χ0v) is 19.7. The van der Waals surface area contributed by atoms with Crippen LogP contribution in [0.25, 0.3) is 21.9 Å². The van der Waals surface area contributed by atoms with Crippen molar-refractivity contribution in [2.24, 2.45) is 0 Å². The number of halogens is 3. The summed E-state index contributed by atoms with van der Waals surface area (Å²) in [6.45, 7) is 7.23. The Morgan fingerprint density at radius 3 is 2.20 bits per heavy atom. The fourth-order valence-corrected chi connectivity index (χ4v) is 3.32. The van der Waals surface area contributed by atoms with Crippen molar-refractivity contribution in [3.8, 4) is 22.9 Å². The number of pyridine rings is 1. The molecule has 0 amide bonds. The zero-order chi connectivity index (χ0) is 26.4. The molecule has 0 aliphatic rings. The quantitative estimate of drug-likeness (QED) is 0.544. The van der Waals surface area contributed by atoms with Gasteiger partial charge in [-0.25, -0.2) is 4.79 Å². The van der Waals surface area contributed by atoms with Crippen molar-refractivity contribution in [3.05, 3.63) is 64.6 Å². The van der Waals surface area contributed by atoms with Crippen LogP contribution >= 0.6 is 0 Å². The van der Waals surface area contributed by atoms with Crippen LogP contribution < -0.4 is 15.6 Å². The standard InChI is InChI=1S/C23H25N3O2.C2HF3O2/c1-23(2,3)25-12-13-26-20(15-24)21(16-8-6-5-7-9-16)19-14-17(28-4)10-11-18(19)22(26)27;3-2(4,5)1(6)7/h5-11,14,25H,12-13H2,1-4H3;(H,6,7). The van der Waals surface area contributed by atoms with Gasteiger partial charge in [0.1, 0.15) is 17.5 Å². The molecule has 0 saturated carbocycles. The van der Waals surface area contributed by atoms with E-state index in [1.165, 1.54) is 0 Å². The normalized spacial score (nSPS) is 11.4. The van der Waals surface area contributed by atoms with Crippen molar-refractivity contribution < 1.29 is 27.8 Å². The summed E-state index contributed by atoms with van der Waals surface area (Å²) >= 11 is 0. The largest absolute Gasteiger partial charge is 0.497 e. The van der Waals surface area contributed by atoms with Crippen LogP contribution in [0.3, 0.4) is 0 Å². The Hall–Kier alpha value is -3.84. The van der Waals surface area contributed by atoms with Crippen molar-refractivity contribution >= 4 is 16.7 Å². The Labute approximate surface area is 200 Å². The van der Waals surface area contributed by atoms with Gasteiger partial charge in [0.2, 0.25) is 0 Å². The van der Waals surface area contributed by atoms with Crippen molar-refractivity contribution in [1.82, 2.24) is 9.88 Å². The highest BCUT2D eigenvalue weighted by Gasteiger charge is 2.38. The second-order valence-corrected chi connectivity index (χ2v) is 8.55. The number of hydrogen-bond donors (Lipinski definition) is 2. The minimum atomic E-state index is -5.08. The maximum Gasteiger partial charge on any atom is 0.490 e. The van der Waals surface area contributed by atoms with Crippen molar-refractivity contribution in [3.63, 3.8) is 0 Å². The lowest BCUT2D eigenvalue weighted by Gasteiger charge is -2.22. The first-order chi connectivity index (χ1) is 16.3. The molecule has 1 aromatic heterocycles. The third-order valence-electron chi connectivity index (χ3n) is 4.88. The van der Waals surface area contributed by atoms with Crippen LogP contribution in [0.5, 0.6) is 5.75 Å². The molecule has 3 rings (SSSR count). The maximum absolute atomic E-state index is 13.2. The van der Waals surface area contributed by atoms with Gasteiger partial charge in [0.25, 0.3) is 5.56 Å². The SMILES string of the molecule is COc1ccc2c(=O)n(CCNC(C)(C)C)c(C#N)c(-c3ccccc3)c2c1.O=C(O)C(F)(F)F. The molecule has 186 valence electrons. The summed E-state index contributed by atoms with van der Waals surface area (Å²) in [7, 11) is 1.59. The lowest BCUT2D eigenvalue weighted by atomic mass is 9.97. The molecule has 2 aromatic carbocycles. The van der Waals surface area contributed by atoms with Gasteiger partial charge in [0.05, 0.1) is 7.11 Å². The molecular formula is C25H26F3N3O4. The molecular weight excluding hydrogens is 463 g/mol. The summed E-state index contributed by atoms with van der Waals surface area (Å²) in [5, 5.41) is 21.8. The molecule has 0 unspecified atom stereocenters. The molecule has 10 heteroatoms. The van der Waals surface area contributed by atoms with E-state index < -0.39 is 12.1 Å². The number of nitrogens with zero attached hydrogens (tertiary/aromatic N) is 2. The van der Waals surface area contributed by atoms with Crippen LogP contribution in [0.4, 0.5) is 13.2 Å². The molecule has 0 aliphatic carbocycles. The fraction of sp³-hybridized carbons (Fsp3) is 0.320. The van der Waals surface area contributed by atoms with E-state index in [1.807, 2.05) is 36.4 Å². The highest BCUT2D eigenvalue weighted by atomic mass is 19.4. The lowest BCUT2D eigenvalue weighted by molar-refractivity contribution is -0.192. The van der Waals surface area contributed by atoms with E-state index in [0.29, 0.717) is 29.9 Å². The van der Waals surface area contributed by atoms with E-state index in [9.17, 15) is 23.2 Å². The number of aromatic nitrogens is 1. The van der Waals surface area contributed by atoms with E-state index in [0.717, 1.165) is 16.5 Å². The van der Waals surface area contributed by atoms with E-state index in [1.54, 1.807) is 23.8 Å². The highest BCUT2D eigenvalue weighted by Crippen LogP contribution is 2.32. The number of benzene rings is 2. The van der Waals surface area contributed by atoms with E-state index >= 15 is 0 Å². The Balaban J connectivity index is 0.000000540. The summed E-state index contributed by atoms with van der Waals surface area (Å²) in [4.78, 5) is 22.1. The number of alkyl halides is 3. The number of methoxy groups -OCH3 is 1. The molecule has 0 fully saturated rings. The molecule has 35 heavy (non-hydrogen) atoms. The summed E-state index contributed by atoms with van der Waals surface area (Å²) in [5.41, 5.74) is 1.79. The first kappa shape index (κ1) is 27.4. The number of aliphatic carboxylic acids is 1. The van der Waals surface area contributed by atoms with Crippen molar-refractivity contribution in [2.45, 2.75) is 39.0 Å². The van der Waals surface area contributed by atoms with Crippen LogP contribution in [0, 0.1) is 11.3 Å². The topological polar surface area (TPSA) is 104 Å². The van der Waals surface area contributed by atoms with Gasteiger partial charge in [-0.1, -0.05) is 30.3 Å². The fourth-order valence-electron chi connectivity index (χ4n) is 3.32. The summed E-state index contributed by atoms with van der Waals surface area (Å²) in [6, 6.07) is 17.4. The molecule has 0 atom stereocenters. The van der Waals surface area contributed by atoms with Gasteiger partial charge in [0.15, 0.2) is 0 Å². The van der Waals surface area contributed by atoms with Crippen LogP contribution in [-0.2, 0) is 11.3 Å². The number of ether oxygens (including phenoxy) is 1. The van der Waals surface area contributed by atoms with Gasteiger partial charge in [-0.05, 0) is 44.5 Å². The Morgan fingerprint density at radius 1 is 1.11 bits per heavy atom. The molecule has 1 heterocycles. The second-order valence-electron chi connectivity index (χ2n) is 8.55. The molecule has 2 N–H and O–H groups in total. The van der Waals surface area contributed by atoms with Gasteiger partial charge in [-0.3, -0.25) is 9.36 Å². The van der Waals surface area contributed by atoms with Crippen molar-refractivity contribution in [1.29, 1.82) is 5.26 Å². The lowest BCUT2D eigenvalue weighted by Crippen LogP contribution is -2.39. The average Bonchev–Trinajstić information content (AvgIpc) is 2.79. The highest BCUT2D eigenvalue weighted by molar-refractivity contribution is 5.99. The average molecular weight is 489 g/mol. The smallest absolute Gasteiger partial charge is 0.490 e. The van der Waals surface area contributed by atoms with Crippen LogP contribution in [0.15, 0.2) is 53.3 Å². The number of carboxylic acid groups (broad SMARTS) is 1.